The zero-order chi connectivity index (χ0) is 23.0. The molecule has 1 amide bonds. The molecule has 1 aromatic heterocycles. The minimum atomic E-state index is 0.0831. The average Bonchev–Trinajstić information content (AvgIpc) is 3.39. The van der Waals surface area contributed by atoms with Gasteiger partial charge in [-0.05, 0) is 30.7 Å². The fourth-order valence-corrected chi connectivity index (χ4v) is 5.24. The van der Waals surface area contributed by atoms with E-state index >= 15 is 0 Å². The maximum Gasteiger partial charge on any atom is 0.227 e. The lowest BCUT2D eigenvalue weighted by atomic mass is 10.1. The van der Waals surface area contributed by atoms with Gasteiger partial charge in [-0.15, -0.1) is 0 Å². The van der Waals surface area contributed by atoms with Gasteiger partial charge in [0.05, 0.1) is 21.7 Å². The zero-order valence-electron chi connectivity index (χ0n) is 19.8. The Bertz CT molecular complexity index is 1060. The van der Waals surface area contributed by atoms with Crippen LogP contribution >= 0.6 is 11.6 Å². The van der Waals surface area contributed by atoms with Gasteiger partial charge in [-0.3, -0.25) is 4.79 Å². The molecule has 1 aliphatic heterocycles. The van der Waals surface area contributed by atoms with Gasteiger partial charge < -0.3 is 9.47 Å². The molecule has 33 heavy (non-hydrogen) atoms. The average molecular weight is 466 g/mol. The summed E-state index contributed by atoms with van der Waals surface area (Å²) in [5, 5.41) is 0.620. The summed E-state index contributed by atoms with van der Waals surface area (Å²) in [5.41, 5.74) is 3.00. The molecule has 0 spiro atoms. The van der Waals surface area contributed by atoms with E-state index in [1.54, 1.807) is 0 Å². The Morgan fingerprint density at radius 3 is 2.33 bits per heavy atom. The minimum Gasteiger partial charge on any atom is -0.328 e. The molecule has 1 aliphatic rings. The second kappa shape index (κ2) is 11.7. The molecule has 1 atom stereocenters. The van der Waals surface area contributed by atoms with Crippen molar-refractivity contribution in [1.82, 2.24) is 9.55 Å². The number of carbonyl (C=O) groups excluding carboxylic acids is 1. The number of anilines is 1. The van der Waals surface area contributed by atoms with Gasteiger partial charge in [-0.1, -0.05) is 94.2 Å². The summed E-state index contributed by atoms with van der Waals surface area (Å²) < 4.78 is 2.37. The Morgan fingerprint density at radius 2 is 1.58 bits per heavy atom. The van der Waals surface area contributed by atoms with E-state index in [1.807, 2.05) is 35.2 Å². The maximum absolute atomic E-state index is 12.9. The number of aromatic nitrogens is 2. The van der Waals surface area contributed by atoms with E-state index < -0.39 is 0 Å². The number of benzene rings is 2. The summed E-state index contributed by atoms with van der Waals surface area (Å²) in [5.74, 6) is 1.24. The number of hydrogen-bond donors (Lipinski definition) is 0. The third-order valence-electron chi connectivity index (χ3n) is 6.80. The molecule has 176 valence electrons. The summed E-state index contributed by atoms with van der Waals surface area (Å²) >= 11 is 6.39. The molecule has 0 bridgehead atoms. The molecule has 2 heterocycles. The van der Waals surface area contributed by atoms with Crippen molar-refractivity contribution in [2.24, 2.45) is 0 Å². The highest BCUT2D eigenvalue weighted by Crippen LogP contribution is 2.36. The first-order chi connectivity index (χ1) is 16.2. The first kappa shape index (κ1) is 23.8. The SMILES string of the molecule is CCCCCCCCCCCn1c(C2CC(=O)N(c3ccccc3Cl)C2)nc2ccccc21. The molecule has 1 unspecified atom stereocenters. The molecular formula is C28H36ClN3O. The van der Waals surface area contributed by atoms with Crippen molar-refractivity contribution >= 4 is 34.2 Å². The first-order valence-corrected chi connectivity index (χ1v) is 13.1. The van der Waals surface area contributed by atoms with Crippen molar-refractivity contribution in [3.8, 4) is 0 Å². The Balaban J connectivity index is 1.41. The first-order valence-electron chi connectivity index (χ1n) is 12.7. The molecule has 0 N–H and O–H groups in total. The number of carbonyl (C=O) groups is 1. The number of hydrogen-bond acceptors (Lipinski definition) is 2. The van der Waals surface area contributed by atoms with E-state index in [1.165, 1.54) is 56.9 Å². The van der Waals surface area contributed by atoms with Gasteiger partial charge in [0.25, 0.3) is 0 Å². The van der Waals surface area contributed by atoms with Gasteiger partial charge in [0.1, 0.15) is 5.82 Å². The van der Waals surface area contributed by atoms with Crippen molar-refractivity contribution in [1.29, 1.82) is 0 Å². The smallest absolute Gasteiger partial charge is 0.227 e. The highest BCUT2D eigenvalue weighted by Gasteiger charge is 2.35. The van der Waals surface area contributed by atoms with Gasteiger partial charge in [0.15, 0.2) is 0 Å². The Kier molecular flexibility index (Phi) is 8.44. The lowest BCUT2D eigenvalue weighted by Crippen LogP contribution is -2.24. The molecule has 3 aromatic rings. The number of nitrogens with zero attached hydrogens (tertiary/aromatic N) is 3. The maximum atomic E-state index is 12.9. The lowest BCUT2D eigenvalue weighted by molar-refractivity contribution is -0.117. The highest BCUT2D eigenvalue weighted by molar-refractivity contribution is 6.33. The lowest BCUT2D eigenvalue weighted by Gasteiger charge is -2.18. The number of unbranched alkanes of at least 4 members (excludes halogenated alkanes) is 8. The second-order valence-electron chi connectivity index (χ2n) is 9.30. The minimum absolute atomic E-state index is 0.0831. The molecule has 0 saturated carbocycles. The monoisotopic (exact) mass is 465 g/mol. The molecule has 4 nitrogen and oxygen atoms in total. The predicted octanol–water partition coefficient (Wildman–Crippen LogP) is 7.74. The van der Waals surface area contributed by atoms with E-state index in [0.717, 1.165) is 30.0 Å². The number of amides is 1. The van der Waals surface area contributed by atoms with Crippen molar-refractivity contribution < 1.29 is 4.79 Å². The largest absolute Gasteiger partial charge is 0.328 e. The van der Waals surface area contributed by atoms with Crippen molar-refractivity contribution in [3.63, 3.8) is 0 Å². The summed E-state index contributed by atoms with van der Waals surface area (Å²) in [6, 6.07) is 15.9. The normalized spacial score (nSPS) is 16.2. The van der Waals surface area contributed by atoms with Crippen LogP contribution in [0.1, 0.15) is 82.9 Å². The Morgan fingerprint density at radius 1 is 0.909 bits per heavy atom. The van der Waals surface area contributed by atoms with Crippen LogP contribution in [0.2, 0.25) is 5.02 Å². The van der Waals surface area contributed by atoms with Crippen molar-refractivity contribution in [2.75, 3.05) is 11.4 Å². The summed E-state index contributed by atoms with van der Waals surface area (Å²) in [6.07, 6.45) is 12.3. The van der Waals surface area contributed by atoms with Crippen LogP contribution in [-0.2, 0) is 11.3 Å². The number of aryl methyl sites for hydroxylation is 1. The van der Waals surface area contributed by atoms with Crippen LogP contribution in [0.15, 0.2) is 48.5 Å². The van der Waals surface area contributed by atoms with Crippen LogP contribution in [0.25, 0.3) is 11.0 Å². The molecule has 2 aromatic carbocycles. The summed E-state index contributed by atoms with van der Waals surface area (Å²) in [6.45, 7) is 3.86. The van der Waals surface area contributed by atoms with E-state index in [0.29, 0.717) is 18.0 Å². The standard InChI is InChI=1S/C28H36ClN3O/c1-2-3-4-5-6-7-8-9-14-19-31-26-18-13-11-16-24(26)30-28(31)22-20-27(33)32(21-22)25-17-12-10-15-23(25)29/h10-13,15-18,22H,2-9,14,19-21H2,1H3. The van der Waals surface area contributed by atoms with Crippen LogP contribution in [0, 0.1) is 0 Å². The zero-order valence-corrected chi connectivity index (χ0v) is 20.6. The number of fused-ring (bicyclic) bond motifs is 1. The van der Waals surface area contributed by atoms with Gasteiger partial charge in [-0.25, -0.2) is 4.98 Å². The van der Waals surface area contributed by atoms with Crippen LogP contribution in [0.5, 0.6) is 0 Å². The number of imidazole rings is 1. The number of halogens is 1. The molecular weight excluding hydrogens is 430 g/mol. The number of rotatable bonds is 12. The molecule has 0 aliphatic carbocycles. The van der Waals surface area contributed by atoms with Crippen molar-refractivity contribution in [3.05, 3.63) is 59.4 Å². The number of para-hydroxylation sites is 3. The van der Waals surface area contributed by atoms with E-state index in [4.69, 9.17) is 16.6 Å². The van der Waals surface area contributed by atoms with Gasteiger partial charge in [-0.2, -0.15) is 0 Å². The summed E-state index contributed by atoms with van der Waals surface area (Å²) in [4.78, 5) is 19.7. The van der Waals surface area contributed by atoms with Gasteiger partial charge >= 0.3 is 0 Å². The topological polar surface area (TPSA) is 38.1 Å². The van der Waals surface area contributed by atoms with Crippen LogP contribution in [0.4, 0.5) is 5.69 Å². The molecule has 4 rings (SSSR count). The predicted molar refractivity (Wildman–Crippen MR) is 138 cm³/mol. The van der Waals surface area contributed by atoms with Crippen molar-refractivity contribution in [2.45, 2.75) is 83.6 Å². The fraction of sp³-hybridized carbons (Fsp3) is 0.500. The third-order valence-corrected chi connectivity index (χ3v) is 7.12. The quantitative estimate of drug-likeness (QED) is 0.256. The fourth-order valence-electron chi connectivity index (χ4n) is 5.01. The van der Waals surface area contributed by atoms with E-state index in [-0.39, 0.29) is 11.8 Å². The highest BCUT2D eigenvalue weighted by atomic mass is 35.5. The molecule has 1 fully saturated rings. The van der Waals surface area contributed by atoms with Crippen LogP contribution < -0.4 is 4.90 Å². The van der Waals surface area contributed by atoms with Gasteiger partial charge in [0, 0.05) is 25.4 Å². The van der Waals surface area contributed by atoms with Crippen LogP contribution in [0.3, 0.4) is 0 Å². The Labute approximate surface area is 203 Å². The summed E-state index contributed by atoms with van der Waals surface area (Å²) in [7, 11) is 0. The molecule has 1 saturated heterocycles. The second-order valence-corrected chi connectivity index (χ2v) is 9.70. The van der Waals surface area contributed by atoms with Gasteiger partial charge in [0.2, 0.25) is 5.91 Å². The molecule has 5 heteroatoms. The van der Waals surface area contributed by atoms with Crippen LogP contribution in [-0.4, -0.2) is 22.0 Å². The van der Waals surface area contributed by atoms with E-state index in [2.05, 4.69) is 29.7 Å². The Hall–Kier alpha value is -2.33. The van der Waals surface area contributed by atoms with E-state index in [9.17, 15) is 4.79 Å². The third kappa shape index (κ3) is 5.78. The molecule has 0 radical (unpaired) electrons.